The number of hydrogen-bond donors (Lipinski definition) is 0. The molecule has 2 aliphatic rings. The van der Waals surface area contributed by atoms with Gasteiger partial charge in [0.05, 0.1) is 30.6 Å². The number of fused-ring (bicyclic) bond motifs is 9. The summed E-state index contributed by atoms with van der Waals surface area (Å²) < 4.78 is 6.18. The molecule has 53 heavy (non-hydrogen) atoms. The standard InChI is InChI=1S/C47H31N3S3/c1-2-12-40-37(11-1)50-47(53-40)44-33(28-15-17-38-35(22-28)45-41(51-38)13-5-19-48-45)24-30(43-31-9-3-7-26(31)21-27-8-4-10-32(27)43)25-34(44)29-16-18-39-36(23-29)46-42(52-39)14-6-20-49-46/h1-2,5-6,11-25H,3-4,7-10H2. The van der Waals surface area contributed by atoms with Gasteiger partial charge in [-0.2, -0.15) is 0 Å². The Labute approximate surface area is 318 Å². The topological polar surface area (TPSA) is 38.7 Å². The van der Waals surface area contributed by atoms with E-state index < -0.39 is 0 Å². The van der Waals surface area contributed by atoms with Crippen LogP contribution in [0.15, 0.2) is 116 Å². The van der Waals surface area contributed by atoms with Gasteiger partial charge >= 0.3 is 0 Å². The Morgan fingerprint density at radius 1 is 0.453 bits per heavy atom. The summed E-state index contributed by atoms with van der Waals surface area (Å²) in [5.41, 5.74) is 18.3. The van der Waals surface area contributed by atoms with Crippen LogP contribution in [0.25, 0.3) is 94.8 Å². The molecule has 0 N–H and O–H groups in total. The van der Waals surface area contributed by atoms with E-state index in [-0.39, 0.29) is 0 Å². The lowest BCUT2D eigenvalue weighted by Crippen LogP contribution is -1.99. The van der Waals surface area contributed by atoms with Crippen molar-refractivity contribution in [1.29, 1.82) is 0 Å². The Morgan fingerprint density at radius 3 is 1.64 bits per heavy atom. The molecule has 5 aromatic heterocycles. The van der Waals surface area contributed by atoms with Crippen molar-refractivity contribution >= 4 is 84.8 Å². The van der Waals surface area contributed by atoms with Gasteiger partial charge in [0.15, 0.2) is 0 Å². The number of nitrogens with zero attached hydrogens (tertiary/aromatic N) is 3. The van der Waals surface area contributed by atoms with Gasteiger partial charge < -0.3 is 0 Å². The quantitative estimate of drug-likeness (QED) is 0.181. The van der Waals surface area contributed by atoms with E-state index in [2.05, 4.69) is 91.0 Å². The lowest BCUT2D eigenvalue weighted by molar-refractivity contribution is 0.898. The minimum absolute atomic E-state index is 1.04. The Balaban J connectivity index is 1.22. The average molecular weight is 734 g/mol. The fraction of sp³-hybridized carbons (Fsp3) is 0.128. The van der Waals surface area contributed by atoms with Crippen LogP contribution in [0, 0.1) is 0 Å². The van der Waals surface area contributed by atoms with Crippen molar-refractivity contribution in [2.45, 2.75) is 38.5 Å². The maximum Gasteiger partial charge on any atom is 0.125 e. The van der Waals surface area contributed by atoms with Gasteiger partial charge in [-0.3, -0.25) is 9.97 Å². The summed E-state index contributed by atoms with van der Waals surface area (Å²) in [7, 11) is 0. The molecule has 0 unspecified atom stereocenters. The highest BCUT2D eigenvalue weighted by Crippen LogP contribution is 2.50. The zero-order chi connectivity index (χ0) is 34.6. The van der Waals surface area contributed by atoms with Crippen LogP contribution in [0.4, 0.5) is 0 Å². The third-order valence-corrected chi connectivity index (χ3v) is 14.8. The molecule has 6 heteroatoms. The second kappa shape index (κ2) is 11.6. The van der Waals surface area contributed by atoms with E-state index in [1.54, 1.807) is 33.6 Å². The van der Waals surface area contributed by atoms with Crippen LogP contribution in [0.5, 0.6) is 0 Å². The van der Waals surface area contributed by atoms with Crippen LogP contribution in [0.1, 0.15) is 35.1 Å². The smallest absolute Gasteiger partial charge is 0.125 e. The van der Waals surface area contributed by atoms with Crippen LogP contribution >= 0.6 is 34.0 Å². The molecule has 0 spiro atoms. The number of thiazole rings is 1. The fourth-order valence-corrected chi connectivity index (χ4v) is 12.3. The summed E-state index contributed by atoms with van der Waals surface area (Å²) in [6.45, 7) is 0. The molecule has 3 nitrogen and oxygen atoms in total. The predicted octanol–water partition coefficient (Wildman–Crippen LogP) is 13.5. The molecule has 0 amide bonds. The molecular formula is C47H31N3S3. The maximum atomic E-state index is 5.38. The number of pyridine rings is 2. The van der Waals surface area contributed by atoms with Crippen molar-refractivity contribution < 1.29 is 0 Å². The number of para-hydroxylation sites is 1. The van der Waals surface area contributed by atoms with Gasteiger partial charge in [0.2, 0.25) is 0 Å². The van der Waals surface area contributed by atoms with Gasteiger partial charge in [-0.05, 0) is 167 Å². The molecule has 0 atom stereocenters. The normalized spacial score (nSPS) is 14.0. The summed E-state index contributed by atoms with van der Waals surface area (Å²) in [6, 6.07) is 38.6. The third kappa shape index (κ3) is 4.65. The van der Waals surface area contributed by atoms with Gasteiger partial charge in [-0.1, -0.05) is 30.3 Å². The molecule has 2 aliphatic carbocycles. The van der Waals surface area contributed by atoms with Gasteiger partial charge in [-0.15, -0.1) is 34.0 Å². The molecule has 0 fully saturated rings. The van der Waals surface area contributed by atoms with Crippen LogP contribution in [-0.2, 0) is 25.7 Å². The minimum Gasteiger partial charge on any atom is -0.255 e. The van der Waals surface area contributed by atoms with Gasteiger partial charge in [-0.25, -0.2) is 4.98 Å². The van der Waals surface area contributed by atoms with Gasteiger partial charge in [0.1, 0.15) is 5.01 Å². The van der Waals surface area contributed by atoms with E-state index in [1.165, 1.54) is 98.9 Å². The predicted molar refractivity (Wildman–Crippen MR) is 227 cm³/mol. The molecule has 252 valence electrons. The molecule has 5 aromatic carbocycles. The second-order valence-electron chi connectivity index (χ2n) is 14.5. The second-order valence-corrected chi connectivity index (χ2v) is 17.7. The van der Waals surface area contributed by atoms with Crippen molar-refractivity contribution in [2.24, 2.45) is 0 Å². The van der Waals surface area contributed by atoms with Crippen molar-refractivity contribution in [3.05, 3.63) is 138 Å². The number of hydrogen-bond acceptors (Lipinski definition) is 6. The molecule has 10 aromatic rings. The van der Waals surface area contributed by atoms with Gasteiger partial charge in [0.25, 0.3) is 0 Å². The van der Waals surface area contributed by atoms with E-state index >= 15 is 0 Å². The zero-order valence-corrected chi connectivity index (χ0v) is 31.2. The van der Waals surface area contributed by atoms with E-state index in [1.807, 2.05) is 47.2 Å². The molecule has 0 saturated heterocycles. The maximum absolute atomic E-state index is 5.38. The van der Waals surface area contributed by atoms with E-state index in [4.69, 9.17) is 15.0 Å². The highest BCUT2D eigenvalue weighted by molar-refractivity contribution is 7.26. The summed E-state index contributed by atoms with van der Waals surface area (Å²) in [5.74, 6) is 0. The monoisotopic (exact) mass is 733 g/mol. The lowest BCUT2D eigenvalue weighted by Gasteiger charge is -2.21. The average Bonchev–Trinajstić information content (AvgIpc) is 4.05. The van der Waals surface area contributed by atoms with Crippen LogP contribution in [-0.4, -0.2) is 15.0 Å². The number of aromatic nitrogens is 3. The number of thiophene rings is 2. The largest absolute Gasteiger partial charge is 0.255 e. The Morgan fingerprint density at radius 2 is 1.04 bits per heavy atom. The van der Waals surface area contributed by atoms with Gasteiger partial charge in [0, 0.05) is 38.1 Å². The summed E-state index contributed by atoms with van der Waals surface area (Å²) in [5, 5.41) is 3.47. The van der Waals surface area contributed by atoms with Crippen LogP contribution < -0.4 is 0 Å². The first-order valence-corrected chi connectivity index (χ1v) is 20.9. The SMILES string of the molecule is c1ccc2sc(-c3c(-c4ccc5sc6cccnc6c5c4)cc(-c4c5c(cc6c4CCC6)CCC5)cc3-c3ccc4sc5cccnc5c4c3)nc2c1. The number of rotatable bonds is 4. The molecule has 0 radical (unpaired) electrons. The first-order valence-electron chi connectivity index (χ1n) is 18.5. The Bertz CT molecular complexity index is 2940. The van der Waals surface area contributed by atoms with E-state index in [0.717, 1.165) is 34.4 Å². The molecule has 5 heterocycles. The van der Waals surface area contributed by atoms with E-state index in [9.17, 15) is 0 Å². The van der Waals surface area contributed by atoms with Crippen LogP contribution in [0.2, 0.25) is 0 Å². The van der Waals surface area contributed by atoms with Crippen molar-refractivity contribution in [1.82, 2.24) is 15.0 Å². The van der Waals surface area contributed by atoms with Crippen molar-refractivity contribution in [3.63, 3.8) is 0 Å². The molecule has 0 saturated carbocycles. The fourth-order valence-electron chi connectivity index (χ4n) is 9.15. The highest BCUT2D eigenvalue weighted by atomic mass is 32.1. The van der Waals surface area contributed by atoms with Crippen molar-refractivity contribution in [2.75, 3.05) is 0 Å². The first kappa shape index (κ1) is 30.2. The van der Waals surface area contributed by atoms with Crippen LogP contribution in [0.3, 0.4) is 0 Å². The lowest BCUT2D eigenvalue weighted by atomic mass is 9.83. The van der Waals surface area contributed by atoms with Crippen molar-refractivity contribution in [3.8, 4) is 44.0 Å². The summed E-state index contributed by atoms with van der Waals surface area (Å²) >= 11 is 5.44. The zero-order valence-electron chi connectivity index (χ0n) is 28.8. The summed E-state index contributed by atoms with van der Waals surface area (Å²) in [6.07, 6.45) is 11.0. The third-order valence-electron chi connectivity index (χ3n) is 11.5. The summed E-state index contributed by atoms with van der Waals surface area (Å²) in [4.78, 5) is 15.1. The number of aryl methyl sites for hydroxylation is 2. The molecule has 12 rings (SSSR count). The molecule has 0 bridgehead atoms. The highest BCUT2D eigenvalue weighted by Gasteiger charge is 2.28. The molecule has 0 aliphatic heterocycles. The number of benzene rings is 5. The first-order chi connectivity index (χ1) is 26.2. The minimum atomic E-state index is 1.04. The van der Waals surface area contributed by atoms with E-state index in [0.29, 0.717) is 0 Å². The molecular weight excluding hydrogens is 703 g/mol. The Kier molecular flexibility index (Phi) is 6.62. The Hall–Kier alpha value is -5.27.